The highest BCUT2D eigenvalue weighted by Crippen LogP contribution is 2.25. The maximum atomic E-state index is 12.1. The van der Waals surface area contributed by atoms with Crippen LogP contribution in [-0.4, -0.2) is 26.1 Å². The van der Waals surface area contributed by atoms with Gasteiger partial charge in [-0.3, -0.25) is 9.89 Å². The number of aromatic amines is 1. The largest absolute Gasteiger partial charge is 0.438 e. The summed E-state index contributed by atoms with van der Waals surface area (Å²) >= 11 is 0. The Labute approximate surface area is 151 Å². The second kappa shape index (κ2) is 8.24. The summed E-state index contributed by atoms with van der Waals surface area (Å²) in [4.78, 5) is 20.6. The van der Waals surface area contributed by atoms with E-state index in [1.54, 1.807) is 6.20 Å². The molecule has 0 radical (unpaired) electrons. The number of benzene rings is 1. The Morgan fingerprint density at radius 3 is 2.81 bits per heavy atom. The van der Waals surface area contributed by atoms with Crippen molar-refractivity contribution >= 4 is 5.91 Å². The van der Waals surface area contributed by atoms with Gasteiger partial charge >= 0.3 is 0 Å². The van der Waals surface area contributed by atoms with Crippen LogP contribution in [0.4, 0.5) is 0 Å². The zero-order valence-electron chi connectivity index (χ0n) is 14.8. The van der Waals surface area contributed by atoms with Crippen molar-refractivity contribution in [1.29, 1.82) is 0 Å². The minimum Gasteiger partial charge on any atom is -0.438 e. The van der Waals surface area contributed by atoms with Crippen LogP contribution in [0, 0.1) is 13.8 Å². The molecule has 0 atom stereocenters. The van der Waals surface area contributed by atoms with Crippen molar-refractivity contribution in [3.05, 3.63) is 65.4 Å². The molecule has 0 unspecified atom stereocenters. The number of ether oxygens (including phenoxy) is 1. The predicted molar refractivity (Wildman–Crippen MR) is 96.8 cm³/mol. The third-order valence-electron chi connectivity index (χ3n) is 3.85. The van der Waals surface area contributed by atoms with E-state index in [0.717, 1.165) is 22.7 Å². The van der Waals surface area contributed by atoms with E-state index >= 15 is 0 Å². The Balaban J connectivity index is 1.58. The molecule has 0 bridgehead atoms. The minimum absolute atomic E-state index is 0.0712. The number of carbonyl (C=O) groups is 1. The van der Waals surface area contributed by atoms with Crippen LogP contribution >= 0.6 is 0 Å². The Morgan fingerprint density at radius 2 is 2.04 bits per heavy atom. The van der Waals surface area contributed by atoms with Gasteiger partial charge in [-0.15, -0.1) is 0 Å². The van der Waals surface area contributed by atoms with Crippen LogP contribution in [0.15, 0.2) is 42.6 Å². The van der Waals surface area contributed by atoms with Gasteiger partial charge in [-0.05, 0) is 31.5 Å². The second-order valence-corrected chi connectivity index (χ2v) is 5.95. The average molecular weight is 351 g/mol. The van der Waals surface area contributed by atoms with E-state index in [9.17, 15) is 4.79 Å². The maximum absolute atomic E-state index is 12.1. The lowest BCUT2D eigenvalue weighted by Crippen LogP contribution is -2.23. The molecule has 0 fully saturated rings. The van der Waals surface area contributed by atoms with Crippen LogP contribution in [0.25, 0.3) is 0 Å². The molecule has 0 aliphatic heterocycles. The number of aromatic nitrogens is 4. The Morgan fingerprint density at radius 1 is 1.19 bits per heavy atom. The van der Waals surface area contributed by atoms with Crippen LogP contribution in [0.5, 0.6) is 11.6 Å². The summed E-state index contributed by atoms with van der Waals surface area (Å²) in [6.45, 7) is 4.15. The normalized spacial score (nSPS) is 10.5. The fourth-order valence-corrected chi connectivity index (χ4v) is 2.43. The summed E-state index contributed by atoms with van der Waals surface area (Å²) in [5, 5.41) is 9.69. The Kier molecular flexibility index (Phi) is 5.58. The molecule has 2 aromatic heterocycles. The monoisotopic (exact) mass is 351 g/mol. The van der Waals surface area contributed by atoms with Crippen LogP contribution in [0.1, 0.15) is 29.2 Å². The number of nitrogens with one attached hydrogen (secondary N) is 2. The maximum Gasteiger partial charge on any atom is 0.224 e. The van der Waals surface area contributed by atoms with Gasteiger partial charge < -0.3 is 10.1 Å². The third-order valence-corrected chi connectivity index (χ3v) is 3.85. The number of hydrogen-bond acceptors (Lipinski definition) is 5. The highest BCUT2D eigenvalue weighted by atomic mass is 16.5. The van der Waals surface area contributed by atoms with Gasteiger partial charge in [-0.25, -0.2) is 9.97 Å². The van der Waals surface area contributed by atoms with Gasteiger partial charge in [-0.2, -0.15) is 5.10 Å². The summed E-state index contributed by atoms with van der Waals surface area (Å²) in [6.07, 6.45) is 2.49. The SMILES string of the molecule is Cc1nc(CCC(=O)NCc2cccnc2Oc2ccccc2C)n[nH]1. The lowest BCUT2D eigenvalue weighted by molar-refractivity contribution is -0.121. The molecular weight excluding hydrogens is 330 g/mol. The number of nitrogens with zero attached hydrogens (tertiary/aromatic N) is 3. The van der Waals surface area contributed by atoms with Crippen LogP contribution < -0.4 is 10.1 Å². The summed E-state index contributed by atoms with van der Waals surface area (Å²) in [6, 6.07) is 11.5. The molecule has 0 saturated carbocycles. The first-order chi connectivity index (χ1) is 12.6. The Hall–Kier alpha value is -3.22. The van der Waals surface area contributed by atoms with Crippen molar-refractivity contribution in [2.75, 3.05) is 0 Å². The quantitative estimate of drug-likeness (QED) is 0.683. The van der Waals surface area contributed by atoms with Gasteiger partial charge in [0.25, 0.3) is 0 Å². The van der Waals surface area contributed by atoms with Crippen LogP contribution in [0.3, 0.4) is 0 Å². The number of amides is 1. The first-order valence-corrected chi connectivity index (χ1v) is 8.44. The molecular formula is C19H21N5O2. The standard InChI is InChI=1S/C19H21N5O2/c1-13-6-3-4-8-16(13)26-19-15(7-5-11-20-19)12-21-18(25)10-9-17-22-14(2)23-24-17/h3-8,11H,9-10,12H2,1-2H3,(H,21,25)(H,22,23,24). The van der Waals surface area contributed by atoms with E-state index in [0.29, 0.717) is 31.1 Å². The number of pyridine rings is 1. The fraction of sp³-hybridized carbons (Fsp3) is 0.263. The van der Waals surface area contributed by atoms with Crippen LogP contribution in [0.2, 0.25) is 0 Å². The molecule has 2 N–H and O–H groups in total. The van der Waals surface area contributed by atoms with E-state index < -0.39 is 0 Å². The van der Waals surface area contributed by atoms with E-state index in [2.05, 4.69) is 25.5 Å². The van der Waals surface area contributed by atoms with Gasteiger partial charge in [0.05, 0.1) is 0 Å². The third kappa shape index (κ3) is 4.66. The van der Waals surface area contributed by atoms with Crippen molar-refractivity contribution in [1.82, 2.24) is 25.5 Å². The molecule has 2 heterocycles. The van der Waals surface area contributed by atoms with Crippen molar-refractivity contribution in [2.24, 2.45) is 0 Å². The van der Waals surface area contributed by atoms with Gasteiger partial charge in [0.1, 0.15) is 11.6 Å². The minimum atomic E-state index is -0.0712. The molecule has 0 aliphatic rings. The number of hydrogen-bond donors (Lipinski definition) is 2. The van der Waals surface area contributed by atoms with E-state index in [1.165, 1.54) is 0 Å². The number of H-pyrrole nitrogens is 1. The van der Waals surface area contributed by atoms with Crippen molar-refractivity contribution in [3.8, 4) is 11.6 Å². The first-order valence-electron chi connectivity index (χ1n) is 8.44. The van der Waals surface area contributed by atoms with Crippen molar-refractivity contribution in [3.63, 3.8) is 0 Å². The molecule has 7 nitrogen and oxygen atoms in total. The summed E-state index contributed by atoms with van der Waals surface area (Å²) < 4.78 is 5.92. The molecule has 3 aromatic rings. The summed E-state index contributed by atoms with van der Waals surface area (Å²) in [7, 11) is 0. The molecule has 3 rings (SSSR count). The molecule has 1 amide bonds. The molecule has 0 saturated heterocycles. The predicted octanol–water partition coefficient (Wildman–Crippen LogP) is 2.86. The van der Waals surface area contributed by atoms with Gasteiger partial charge in [0.15, 0.2) is 5.82 Å². The number of rotatable bonds is 7. The fourth-order valence-electron chi connectivity index (χ4n) is 2.43. The van der Waals surface area contributed by atoms with Crippen molar-refractivity contribution < 1.29 is 9.53 Å². The zero-order valence-corrected chi connectivity index (χ0v) is 14.8. The highest BCUT2D eigenvalue weighted by Gasteiger charge is 2.10. The van der Waals surface area contributed by atoms with Crippen LogP contribution in [-0.2, 0) is 17.8 Å². The molecule has 7 heteroatoms. The lowest BCUT2D eigenvalue weighted by Gasteiger charge is -2.12. The van der Waals surface area contributed by atoms with Gasteiger partial charge in [0.2, 0.25) is 11.8 Å². The van der Waals surface area contributed by atoms with Crippen molar-refractivity contribution in [2.45, 2.75) is 33.2 Å². The van der Waals surface area contributed by atoms with E-state index in [-0.39, 0.29) is 5.91 Å². The zero-order chi connectivity index (χ0) is 18.4. The van der Waals surface area contributed by atoms with Gasteiger partial charge in [-0.1, -0.05) is 24.3 Å². The summed E-state index contributed by atoms with van der Waals surface area (Å²) in [5.41, 5.74) is 1.84. The van der Waals surface area contributed by atoms with Gasteiger partial charge in [0, 0.05) is 31.1 Å². The summed E-state index contributed by atoms with van der Waals surface area (Å²) in [5.74, 6) is 2.56. The lowest BCUT2D eigenvalue weighted by atomic mass is 10.2. The Bertz CT molecular complexity index is 891. The second-order valence-electron chi connectivity index (χ2n) is 5.95. The number of para-hydroxylation sites is 1. The first kappa shape index (κ1) is 17.6. The molecule has 26 heavy (non-hydrogen) atoms. The molecule has 0 spiro atoms. The van der Waals surface area contributed by atoms with E-state index in [1.807, 2.05) is 50.2 Å². The number of carbonyl (C=O) groups excluding carboxylic acids is 1. The smallest absolute Gasteiger partial charge is 0.224 e. The number of aryl methyl sites for hydroxylation is 3. The average Bonchev–Trinajstić information content (AvgIpc) is 3.06. The van der Waals surface area contributed by atoms with E-state index in [4.69, 9.17) is 4.74 Å². The highest BCUT2D eigenvalue weighted by molar-refractivity contribution is 5.76. The molecule has 0 aliphatic carbocycles. The molecule has 1 aromatic carbocycles. The topological polar surface area (TPSA) is 92.8 Å². The molecule has 134 valence electrons.